The fourth-order valence-electron chi connectivity index (χ4n) is 5.02. The molecule has 152 valence electrons. The maximum atomic E-state index is 3.73. The molecule has 3 aromatic carbocycles. The molecule has 0 spiro atoms. The normalized spacial score (nSPS) is 15.6. The summed E-state index contributed by atoms with van der Waals surface area (Å²) >= 11 is 0. The van der Waals surface area contributed by atoms with E-state index < -0.39 is 0 Å². The Hall–Kier alpha value is -2.84. The lowest BCUT2D eigenvalue weighted by molar-refractivity contribution is 0.215. The van der Waals surface area contributed by atoms with Gasteiger partial charge in [0.05, 0.1) is 0 Å². The van der Waals surface area contributed by atoms with Crippen molar-refractivity contribution in [3.05, 3.63) is 95.6 Å². The maximum Gasteiger partial charge on any atom is 0.0500 e. The lowest BCUT2D eigenvalue weighted by Crippen LogP contribution is -2.34. The summed E-state index contributed by atoms with van der Waals surface area (Å²) in [7, 11) is 0. The van der Waals surface area contributed by atoms with Crippen molar-refractivity contribution in [2.24, 2.45) is 0 Å². The molecular formula is C28H30N2. The van der Waals surface area contributed by atoms with E-state index in [-0.39, 0.29) is 0 Å². The van der Waals surface area contributed by atoms with Gasteiger partial charge in [0, 0.05) is 23.1 Å². The number of nitrogens with one attached hydrogen (secondary N) is 1. The molecule has 0 aliphatic carbocycles. The van der Waals surface area contributed by atoms with Gasteiger partial charge >= 0.3 is 0 Å². The van der Waals surface area contributed by atoms with Crippen LogP contribution in [0.25, 0.3) is 22.2 Å². The van der Waals surface area contributed by atoms with Crippen LogP contribution < -0.4 is 0 Å². The van der Waals surface area contributed by atoms with Crippen LogP contribution in [0.5, 0.6) is 0 Å². The van der Waals surface area contributed by atoms with Crippen molar-refractivity contribution < 1.29 is 0 Å². The van der Waals surface area contributed by atoms with E-state index in [2.05, 4.69) is 95.7 Å². The quantitative estimate of drug-likeness (QED) is 0.406. The van der Waals surface area contributed by atoms with E-state index in [1.54, 1.807) is 0 Å². The molecule has 1 N–H and O–H groups in total. The minimum absolute atomic E-state index is 0.617. The van der Waals surface area contributed by atoms with Gasteiger partial charge in [-0.2, -0.15) is 0 Å². The number of hydrogen-bond acceptors (Lipinski definition) is 1. The molecule has 0 atom stereocenters. The molecule has 0 radical (unpaired) electrons. The lowest BCUT2D eigenvalue weighted by Gasteiger charge is -2.32. The van der Waals surface area contributed by atoms with E-state index in [4.69, 9.17) is 0 Å². The first-order valence-corrected chi connectivity index (χ1v) is 11.2. The highest BCUT2D eigenvalue weighted by atomic mass is 15.1. The van der Waals surface area contributed by atoms with Crippen LogP contribution >= 0.6 is 0 Å². The Labute approximate surface area is 179 Å². The van der Waals surface area contributed by atoms with Gasteiger partial charge in [0.1, 0.15) is 0 Å². The topological polar surface area (TPSA) is 19.0 Å². The van der Waals surface area contributed by atoms with Crippen LogP contribution in [-0.2, 0) is 6.42 Å². The van der Waals surface area contributed by atoms with Crippen LogP contribution in [0.4, 0.5) is 0 Å². The van der Waals surface area contributed by atoms with Gasteiger partial charge in [-0.15, -0.1) is 0 Å². The van der Waals surface area contributed by atoms with E-state index >= 15 is 0 Å². The average Bonchev–Trinajstić information content (AvgIpc) is 3.18. The van der Waals surface area contributed by atoms with Crippen LogP contribution in [0.15, 0.2) is 78.9 Å². The maximum absolute atomic E-state index is 3.73. The van der Waals surface area contributed by atoms with Gasteiger partial charge in [0.2, 0.25) is 0 Å². The minimum atomic E-state index is 0.617. The second kappa shape index (κ2) is 8.49. The zero-order valence-corrected chi connectivity index (χ0v) is 17.8. The standard InChI is InChI=1S/C28H30N2/c1-21-8-7-9-22(20-21)14-17-30-18-15-23(16-19-30)27-25-12-5-6-13-26(25)29-28(27)24-10-3-2-4-11-24/h2-13,20,23,29H,14-19H2,1H3. The Morgan fingerprint density at radius 1 is 0.867 bits per heavy atom. The zero-order valence-electron chi connectivity index (χ0n) is 17.8. The van der Waals surface area contributed by atoms with E-state index in [9.17, 15) is 0 Å². The first kappa shape index (κ1) is 19.1. The molecule has 30 heavy (non-hydrogen) atoms. The van der Waals surface area contributed by atoms with E-state index in [0.717, 1.165) is 13.0 Å². The predicted octanol–water partition coefficient (Wildman–Crippen LogP) is 6.57. The number of H-pyrrole nitrogens is 1. The smallest absolute Gasteiger partial charge is 0.0500 e. The van der Waals surface area contributed by atoms with E-state index in [1.165, 1.54) is 64.8 Å². The predicted molar refractivity (Wildman–Crippen MR) is 127 cm³/mol. The highest BCUT2D eigenvalue weighted by molar-refractivity contribution is 5.91. The first-order valence-electron chi connectivity index (χ1n) is 11.2. The van der Waals surface area contributed by atoms with Gasteiger partial charge in [-0.05, 0) is 68.0 Å². The van der Waals surface area contributed by atoms with Gasteiger partial charge in [-0.25, -0.2) is 0 Å². The van der Waals surface area contributed by atoms with Crippen molar-refractivity contribution in [2.75, 3.05) is 19.6 Å². The molecule has 5 rings (SSSR count). The van der Waals surface area contributed by atoms with E-state index in [1.807, 2.05) is 0 Å². The summed E-state index contributed by atoms with van der Waals surface area (Å²) in [6.07, 6.45) is 3.61. The Morgan fingerprint density at radius 3 is 2.43 bits per heavy atom. The number of aromatic nitrogens is 1. The number of nitrogens with zero attached hydrogens (tertiary/aromatic N) is 1. The van der Waals surface area contributed by atoms with Gasteiger partial charge in [0.25, 0.3) is 0 Å². The Bertz CT molecular complexity index is 1120. The number of aromatic amines is 1. The van der Waals surface area contributed by atoms with Crippen LogP contribution in [0.1, 0.15) is 35.4 Å². The summed E-state index contributed by atoms with van der Waals surface area (Å²) in [5, 5.41) is 1.40. The number of rotatable bonds is 5. The second-order valence-electron chi connectivity index (χ2n) is 8.68. The molecule has 0 unspecified atom stereocenters. The van der Waals surface area contributed by atoms with E-state index in [0.29, 0.717) is 5.92 Å². The van der Waals surface area contributed by atoms with Gasteiger partial charge in [-0.1, -0.05) is 78.4 Å². The molecule has 0 amide bonds. The summed E-state index contributed by atoms with van der Waals surface area (Å²) < 4.78 is 0. The first-order chi connectivity index (χ1) is 14.8. The number of hydrogen-bond donors (Lipinski definition) is 1. The molecule has 0 bridgehead atoms. The third-order valence-electron chi connectivity index (χ3n) is 6.60. The molecule has 1 saturated heterocycles. The van der Waals surface area contributed by atoms with Crippen molar-refractivity contribution in [3.63, 3.8) is 0 Å². The summed E-state index contributed by atoms with van der Waals surface area (Å²) in [6, 6.07) is 28.6. The van der Waals surface area contributed by atoms with Crippen molar-refractivity contribution in [3.8, 4) is 11.3 Å². The molecule has 0 saturated carbocycles. The fourth-order valence-corrected chi connectivity index (χ4v) is 5.02. The lowest BCUT2D eigenvalue weighted by atomic mass is 9.86. The number of fused-ring (bicyclic) bond motifs is 1. The molecule has 2 heterocycles. The SMILES string of the molecule is Cc1cccc(CCN2CCC(c3c(-c4ccccc4)[nH]c4ccccc34)CC2)c1. The second-order valence-corrected chi connectivity index (χ2v) is 8.68. The van der Waals surface area contributed by atoms with Gasteiger partial charge < -0.3 is 9.88 Å². The summed E-state index contributed by atoms with van der Waals surface area (Å²) in [6.45, 7) is 5.71. The number of piperidine rings is 1. The molecule has 1 aliphatic heterocycles. The molecule has 4 aromatic rings. The summed E-state index contributed by atoms with van der Waals surface area (Å²) in [5.41, 5.74) is 8.21. The number of aryl methyl sites for hydroxylation is 1. The minimum Gasteiger partial charge on any atom is -0.354 e. The van der Waals surface area contributed by atoms with Crippen LogP contribution in [0, 0.1) is 6.92 Å². The van der Waals surface area contributed by atoms with Crippen molar-refractivity contribution >= 4 is 10.9 Å². The number of para-hydroxylation sites is 1. The molecule has 1 aliphatic rings. The van der Waals surface area contributed by atoms with Crippen LogP contribution in [0.3, 0.4) is 0 Å². The highest BCUT2D eigenvalue weighted by Crippen LogP contribution is 2.40. The monoisotopic (exact) mass is 394 g/mol. The Balaban J connectivity index is 1.33. The summed E-state index contributed by atoms with van der Waals surface area (Å²) in [5.74, 6) is 0.617. The molecule has 1 fully saturated rings. The van der Waals surface area contributed by atoms with Crippen LogP contribution in [-0.4, -0.2) is 29.5 Å². The van der Waals surface area contributed by atoms with Crippen molar-refractivity contribution in [2.45, 2.75) is 32.1 Å². The van der Waals surface area contributed by atoms with Crippen LogP contribution in [0.2, 0.25) is 0 Å². The third-order valence-corrected chi connectivity index (χ3v) is 6.60. The average molecular weight is 395 g/mol. The Kier molecular flexibility index (Phi) is 5.42. The third kappa shape index (κ3) is 3.93. The number of likely N-dealkylation sites (tertiary alicyclic amines) is 1. The molecule has 2 heteroatoms. The Morgan fingerprint density at radius 2 is 1.63 bits per heavy atom. The van der Waals surface area contributed by atoms with Crippen molar-refractivity contribution in [1.82, 2.24) is 9.88 Å². The summed E-state index contributed by atoms with van der Waals surface area (Å²) in [4.78, 5) is 6.38. The zero-order chi connectivity index (χ0) is 20.3. The number of benzene rings is 3. The largest absolute Gasteiger partial charge is 0.354 e. The van der Waals surface area contributed by atoms with Gasteiger partial charge in [-0.3, -0.25) is 0 Å². The van der Waals surface area contributed by atoms with Crippen molar-refractivity contribution in [1.29, 1.82) is 0 Å². The van der Waals surface area contributed by atoms with Gasteiger partial charge in [0.15, 0.2) is 0 Å². The molecular weight excluding hydrogens is 364 g/mol. The molecule has 1 aromatic heterocycles. The highest BCUT2D eigenvalue weighted by Gasteiger charge is 2.26. The fraction of sp³-hybridized carbons (Fsp3) is 0.286. The molecule has 2 nitrogen and oxygen atoms in total.